The number of para-hydroxylation sites is 1. The van der Waals surface area contributed by atoms with E-state index in [-0.39, 0.29) is 11.8 Å². The lowest BCUT2D eigenvalue weighted by atomic mass is 9.93. The first-order valence-corrected chi connectivity index (χ1v) is 7.33. The maximum atomic E-state index is 12.5. The number of rotatable bonds is 4. The maximum absolute atomic E-state index is 12.5. The predicted octanol–water partition coefficient (Wildman–Crippen LogP) is 3.03. The van der Waals surface area contributed by atoms with Crippen LogP contribution in [0, 0.1) is 5.92 Å². The van der Waals surface area contributed by atoms with Gasteiger partial charge >= 0.3 is 5.97 Å². The monoisotopic (exact) mass is 287 g/mol. The Bertz CT molecular complexity index is 551. The topological polar surface area (TPSA) is 46.6 Å². The van der Waals surface area contributed by atoms with E-state index in [0.717, 1.165) is 37.1 Å². The van der Waals surface area contributed by atoms with Crippen LogP contribution >= 0.6 is 0 Å². The lowest BCUT2D eigenvalue weighted by molar-refractivity contribution is -0.134. The summed E-state index contributed by atoms with van der Waals surface area (Å²) >= 11 is 0. The molecule has 0 aromatic heterocycles. The van der Waals surface area contributed by atoms with Gasteiger partial charge in [-0.05, 0) is 37.0 Å². The fourth-order valence-corrected chi connectivity index (χ4v) is 2.67. The maximum Gasteiger partial charge on any atom is 0.330 e. The molecule has 2 rings (SSSR count). The number of carbonyl (C=O) groups is 2. The highest BCUT2D eigenvalue weighted by Crippen LogP contribution is 2.29. The van der Waals surface area contributed by atoms with Crippen molar-refractivity contribution in [3.8, 4) is 0 Å². The number of nitrogens with zero attached hydrogens (tertiary/aromatic N) is 1. The molecular weight excluding hydrogens is 266 g/mol. The van der Waals surface area contributed by atoms with Crippen molar-refractivity contribution in [2.24, 2.45) is 5.92 Å². The van der Waals surface area contributed by atoms with Crippen molar-refractivity contribution in [2.45, 2.75) is 26.2 Å². The van der Waals surface area contributed by atoms with Crippen LogP contribution in [-0.4, -0.2) is 25.5 Å². The Kier molecular flexibility index (Phi) is 5.14. The third-order valence-electron chi connectivity index (χ3n) is 3.87. The minimum absolute atomic E-state index is 0.108. The van der Waals surface area contributed by atoms with Gasteiger partial charge in [-0.15, -0.1) is 0 Å². The van der Waals surface area contributed by atoms with E-state index >= 15 is 0 Å². The molecule has 0 spiro atoms. The molecule has 4 nitrogen and oxygen atoms in total. The summed E-state index contributed by atoms with van der Waals surface area (Å²) in [6.45, 7) is 2.79. The van der Waals surface area contributed by atoms with Gasteiger partial charge in [-0.3, -0.25) is 4.79 Å². The highest BCUT2D eigenvalue weighted by atomic mass is 16.5. The molecule has 21 heavy (non-hydrogen) atoms. The van der Waals surface area contributed by atoms with Gasteiger partial charge in [0.05, 0.1) is 12.8 Å². The number of anilines is 1. The number of hydrogen-bond donors (Lipinski definition) is 0. The number of amides is 1. The predicted molar refractivity (Wildman–Crippen MR) is 82.9 cm³/mol. The van der Waals surface area contributed by atoms with Gasteiger partial charge in [0.1, 0.15) is 0 Å². The molecule has 0 saturated carbocycles. The molecule has 1 atom stereocenters. The summed E-state index contributed by atoms with van der Waals surface area (Å²) in [5.41, 5.74) is 1.72. The van der Waals surface area contributed by atoms with Crippen LogP contribution in [0.4, 0.5) is 5.69 Å². The smallest absolute Gasteiger partial charge is 0.330 e. The Balaban J connectivity index is 2.29. The summed E-state index contributed by atoms with van der Waals surface area (Å²) in [6, 6.07) is 7.63. The van der Waals surface area contributed by atoms with Gasteiger partial charge in [0.2, 0.25) is 5.91 Å². The molecule has 0 aliphatic carbocycles. The summed E-state index contributed by atoms with van der Waals surface area (Å²) in [6.07, 6.45) is 5.93. The van der Waals surface area contributed by atoms with E-state index in [0.29, 0.717) is 0 Å². The molecule has 1 fully saturated rings. The van der Waals surface area contributed by atoms with Crippen molar-refractivity contribution < 1.29 is 14.3 Å². The third-order valence-corrected chi connectivity index (χ3v) is 3.87. The number of hydrogen-bond acceptors (Lipinski definition) is 3. The zero-order chi connectivity index (χ0) is 15.2. The van der Waals surface area contributed by atoms with Crippen LogP contribution in [0.15, 0.2) is 30.3 Å². The van der Waals surface area contributed by atoms with E-state index in [1.54, 1.807) is 6.08 Å². The second-order valence-corrected chi connectivity index (χ2v) is 5.15. The van der Waals surface area contributed by atoms with E-state index < -0.39 is 5.97 Å². The van der Waals surface area contributed by atoms with Gasteiger partial charge in [-0.25, -0.2) is 4.79 Å². The molecule has 1 saturated heterocycles. The van der Waals surface area contributed by atoms with Gasteiger partial charge in [0.15, 0.2) is 0 Å². The van der Waals surface area contributed by atoms with Gasteiger partial charge in [-0.2, -0.15) is 0 Å². The Morgan fingerprint density at radius 2 is 2.19 bits per heavy atom. The number of methoxy groups -OCH3 is 1. The zero-order valence-electron chi connectivity index (χ0n) is 12.5. The largest absolute Gasteiger partial charge is 0.466 e. The lowest BCUT2D eigenvalue weighted by Gasteiger charge is -2.32. The van der Waals surface area contributed by atoms with Gasteiger partial charge in [-0.1, -0.05) is 25.1 Å². The molecule has 1 aromatic carbocycles. The molecule has 1 aliphatic heterocycles. The molecule has 0 bridgehead atoms. The molecule has 1 heterocycles. The Hall–Kier alpha value is -2.10. The van der Waals surface area contributed by atoms with Crippen molar-refractivity contribution in [2.75, 3.05) is 18.6 Å². The first kappa shape index (κ1) is 15.3. The first-order valence-electron chi connectivity index (χ1n) is 7.33. The van der Waals surface area contributed by atoms with Crippen molar-refractivity contribution in [1.29, 1.82) is 0 Å². The Labute approximate surface area is 125 Å². The first-order chi connectivity index (χ1) is 10.2. The quantitative estimate of drug-likeness (QED) is 0.631. The minimum atomic E-state index is -0.402. The molecule has 1 amide bonds. The van der Waals surface area contributed by atoms with Gasteiger partial charge < -0.3 is 9.64 Å². The molecule has 1 aliphatic rings. The van der Waals surface area contributed by atoms with Crippen LogP contribution < -0.4 is 4.90 Å². The third kappa shape index (κ3) is 3.51. The number of piperidine rings is 1. The van der Waals surface area contributed by atoms with Crippen LogP contribution in [0.1, 0.15) is 31.7 Å². The summed E-state index contributed by atoms with van der Waals surface area (Å²) in [4.78, 5) is 25.6. The number of benzene rings is 1. The molecular formula is C17H21NO3. The van der Waals surface area contributed by atoms with E-state index in [4.69, 9.17) is 0 Å². The SMILES string of the molecule is CCC1CCCN(c2ccccc2/C=C/C(=O)OC)C1=O. The molecule has 112 valence electrons. The van der Waals surface area contributed by atoms with Crippen LogP contribution in [-0.2, 0) is 14.3 Å². The van der Waals surface area contributed by atoms with E-state index in [2.05, 4.69) is 11.7 Å². The molecule has 1 aromatic rings. The molecule has 4 heteroatoms. The molecule has 0 N–H and O–H groups in total. The number of carbonyl (C=O) groups excluding carboxylic acids is 2. The molecule has 0 radical (unpaired) electrons. The number of esters is 1. The Morgan fingerprint density at radius 1 is 1.43 bits per heavy atom. The van der Waals surface area contributed by atoms with Crippen LogP contribution in [0.5, 0.6) is 0 Å². The highest BCUT2D eigenvalue weighted by Gasteiger charge is 2.28. The highest BCUT2D eigenvalue weighted by molar-refractivity contribution is 5.98. The van der Waals surface area contributed by atoms with Crippen molar-refractivity contribution in [1.82, 2.24) is 0 Å². The van der Waals surface area contributed by atoms with Gasteiger partial charge in [0.25, 0.3) is 0 Å². The average Bonchev–Trinajstić information content (AvgIpc) is 2.53. The standard InChI is InChI=1S/C17H21NO3/c1-3-13-8-6-12-18(17(13)20)15-9-5-4-7-14(15)10-11-16(19)21-2/h4-5,7,9-11,13H,3,6,8,12H2,1-2H3/b11-10+. The van der Waals surface area contributed by atoms with E-state index in [9.17, 15) is 9.59 Å². The fourth-order valence-electron chi connectivity index (χ4n) is 2.67. The van der Waals surface area contributed by atoms with Crippen molar-refractivity contribution in [3.63, 3.8) is 0 Å². The van der Waals surface area contributed by atoms with Crippen LogP contribution in [0.25, 0.3) is 6.08 Å². The van der Waals surface area contributed by atoms with Crippen molar-refractivity contribution in [3.05, 3.63) is 35.9 Å². The fraction of sp³-hybridized carbons (Fsp3) is 0.412. The van der Waals surface area contributed by atoms with Gasteiger partial charge in [0, 0.05) is 18.5 Å². The second-order valence-electron chi connectivity index (χ2n) is 5.15. The van der Waals surface area contributed by atoms with Crippen LogP contribution in [0.3, 0.4) is 0 Å². The second kappa shape index (κ2) is 7.07. The molecule has 1 unspecified atom stereocenters. The van der Waals surface area contributed by atoms with E-state index in [1.807, 2.05) is 29.2 Å². The lowest BCUT2D eigenvalue weighted by Crippen LogP contribution is -2.41. The van der Waals surface area contributed by atoms with Crippen LogP contribution in [0.2, 0.25) is 0 Å². The van der Waals surface area contributed by atoms with E-state index in [1.165, 1.54) is 13.2 Å². The Morgan fingerprint density at radius 3 is 2.90 bits per heavy atom. The zero-order valence-corrected chi connectivity index (χ0v) is 12.5. The minimum Gasteiger partial charge on any atom is -0.466 e. The summed E-state index contributed by atoms with van der Waals surface area (Å²) in [5, 5.41) is 0. The number of ether oxygens (including phenoxy) is 1. The van der Waals surface area contributed by atoms with Crippen molar-refractivity contribution >= 4 is 23.6 Å². The average molecular weight is 287 g/mol. The summed E-state index contributed by atoms with van der Waals surface area (Å²) < 4.78 is 4.61. The normalized spacial score (nSPS) is 19.0. The summed E-state index contributed by atoms with van der Waals surface area (Å²) in [7, 11) is 1.35. The summed E-state index contributed by atoms with van der Waals surface area (Å²) in [5.74, 6) is -0.111.